The third kappa shape index (κ3) is 3.59. The van der Waals surface area contributed by atoms with Crippen LogP contribution in [0, 0.1) is 5.41 Å². The van der Waals surface area contributed by atoms with E-state index >= 15 is 0 Å². The van der Waals surface area contributed by atoms with Crippen molar-refractivity contribution in [3.8, 4) is 0 Å². The Morgan fingerprint density at radius 1 is 1.33 bits per heavy atom. The van der Waals surface area contributed by atoms with Gasteiger partial charge in [-0.05, 0) is 53.9 Å². The van der Waals surface area contributed by atoms with E-state index in [0.29, 0.717) is 12.1 Å². The Kier molecular flexibility index (Phi) is 4.99. The van der Waals surface area contributed by atoms with Crippen LogP contribution in [0.25, 0.3) is 0 Å². The van der Waals surface area contributed by atoms with Crippen molar-refractivity contribution in [2.45, 2.75) is 90.4 Å². The molecule has 0 aromatic carbocycles. The zero-order chi connectivity index (χ0) is 15.7. The Labute approximate surface area is 129 Å². The zero-order valence-electron chi connectivity index (χ0n) is 14.3. The maximum Gasteiger partial charge on any atom is 0.237 e. The Hall–Kier alpha value is -0.610. The second-order valence-electron chi connectivity index (χ2n) is 7.80. The molecular weight excluding hydrogens is 264 g/mol. The van der Waals surface area contributed by atoms with E-state index in [1.54, 1.807) is 0 Å². The second-order valence-corrected chi connectivity index (χ2v) is 7.80. The first-order valence-electron chi connectivity index (χ1n) is 8.48. The number of nitrogens with one attached hydrogen (secondary N) is 2. The number of rotatable bonds is 5. The highest BCUT2D eigenvalue weighted by atomic mass is 16.5. The topological polar surface area (TPSA) is 50.4 Å². The molecule has 0 aliphatic heterocycles. The highest BCUT2D eigenvalue weighted by Crippen LogP contribution is 2.54. The molecule has 21 heavy (non-hydrogen) atoms. The molecule has 4 heteroatoms. The lowest BCUT2D eigenvalue weighted by molar-refractivity contribution is -0.139. The van der Waals surface area contributed by atoms with Gasteiger partial charge in [-0.1, -0.05) is 12.8 Å². The minimum Gasteiger partial charge on any atom is -0.378 e. The number of ether oxygens (including phenoxy) is 1. The summed E-state index contributed by atoms with van der Waals surface area (Å²) in [7, 11) is 0. The number of carbonyl (C=O) groups excluding carboxylic acids is 1. The fourth-order valence-corrected chi connectivity index (χ4v) is 3.98. The van der Waals surface area contributed by atoms with E-state index < -0.39 is 0 Å². The van der Waals surface area contributed by atoms with Gasteiger partial charge in [-0.25, -0.2) is 0 Å². The molecule has 2 aliphatic carbocycles. The molecule has 4 nitrogen and oxygen atoms in total. The van der Waals surface area contributed by atoms with Crippen LogP contribution >= 0.6 is 0 Å². The van der Waals surface area contributed by atoms with Gasteiger partial charge in [0.25, 0.3) is 0 Å². The van der Waals surface area contributed by atoms with Crippen molar-refractivity contribution < 1.29 is 9.53 Å². The van der Waals surface area contributed by atoms with E-state index in [4.69, 9.17) is 4.74 Å². The third-order valence-electron chi connectivity index (χ3n) is 5.03. The quantitative estimate of drug-likeness (QED) is 0.820. The highest BCUT2D eigenvalue weighted by molar-refractivity contribution is 5.82. The van der Waals surface area contributed by atoms with Gasteiger partial charge < -0.3 is 15.4 Å². The third-order valence-corrected chi connectivity index (χ3v) is 5.03. The minimum atomic E-state index is -0.175. The van der Waals surface area contributed by atoms with Gasteiger partial charge in [0.15, 0.2) is 0 Å². The molecular formula is C17H32N2O2. The largest absolute Gasteiger partial charge is 0.378 e. The van der Waals surface area contributed by atoms with Gasteiger partial charge >= 0.3 is 0 Å². The van der Waals surface area contributed by atoms with Crippen molar-refractivity contribution in [1.29, 1.82) is 0 Å². The van der Waals surface area contributed by atoms with Gasteiger partial charge in [0.2, 0.25) is 5.91 Å². The molecule has 0 aromatic rings. The number of hydrogen-bond donors (Lipinski definition) is 2. The molecule has 1 amide bonds. The standard InChI is InChI=1S/C17H32N2O2/c1-6-21-14-11-13(17(14)9-7-8-10-17)18-12(2)15(20)19-16(3,4)5/h12-14,18H,6-11H2,1-5H3,(H,19,20). The van der Waals surface area contributed by atoms with Crippen LogP contribution in [0.15, 0.2) is 0 Å². The Morgan fingerprint density at radius 3 is 2.48 bits per heavy atom. The summed E-state index contributed by atoms with van der Waals surface area (Å²) in [5.74, 6) is 0.0931. The fraction of sp³-hybridized carbons (Fsp3) is 0.941. The predicted octanol–water partition coefficient (Wildman–Crippen LogP) is 2.62. The molecule has 2 fully saturated rings. The molecule has 3 atom stereocenters. The molecule has 1 spiro atoms. The molecule has 0 heterocycles. The predicted molar refractivity (Wildman–Crippen MR) is 85.2 cm³/mol. The second kappa shape index (κ2) is 6.25. The van der Waals surface area contributed by atoms with Crippen LogP contribution in [0.1, 0.15) is 66.7 Å². The van der Waals surface area contributed by atoms with Crippen LogP contribution < -0.4 is 10.6 Å². The van der Waals surface area contributed by atoms with Crippen LogP contribution in [0.5, 0.6) is 0 Å². The van der Waals surface area contributed by atoms with Gasteiger partial charge in [0.1, 0.15) is 0 Å². The first-order valence-corrected chi connectivity index (χ1v) is 8.48. The Morgan fingerprint density at radius 2 is 1.95 bits per heavy atom. The summed E-state index contributed by atoms with van der Waals surface area (Å²) in [5, 5.41) is 6.62. The van der Waals surface area contributed by atoms with Crippen LogP contribution in [0.4, 0.5) is 0 Å². The molecule has 0 radical (unpaired) electrons. The molecule has 3 unspecified atom stereocenters. The van der Waals surface area contributed by atoms with Crippen molar-refractivity contribution >= 4 is 5.91 Å². The first kappa shape index (κ1) is 16.8. The highest BCUT2D eigenvalue weighted by Gasteiger charge is 2.56. The molecule has 2 N–H and O–H groups in total. The van der Waals surface area contributed by atoms with Crippen LogP contribution in [-0.4, -0.2) is 36.2 Å². The van der Waals surface area contributed by atoms with Crippen molar-refractivity contribution in [3.05, 3.63) is 0 Å². The molecule has 2 rings (SSSR count). The van der Waals surface area contributed by atoms with Crippen LogP contribution in [0.3, 0.4) is 0 Å². The Balaban J connectivity index is 1.92. The smallest absolute Gasteiger partial charge is 0.237 e. The number of amides is 1. The summed E-state index contributed by atoms with van der Waals surface area (Å²) < 4.78 is 5.93. The average Bonchev–Trinajstić information content (AvgIpc) is 2.87. The summed E-state index contributed by atoms with van der Waals surface area (Å²) in [5.41, 5.74) is 0.109. The molecule has 0 saturated heterocycles. The van der Waals surface area contributed by atoms with Gasteiger partial charge in [0.05, 0.1) is 12.1 Å². The van der Waals surface area contributed by atoms with E-state index in [9.17, 15) is 4.79 Å². The normalized spacial score (nSPS) is 29.2. The van der Waals surface area contributed by atoms with E-state index in [1.807, 2.05) is 27.7 Å². The summed E-state index contributed by atoms with van der Waals surface area (Å²) in [6.07, 6.45) is 6.50. The zero-order valence-corrected chi connectivity index (χ0v) is 14.3. The van der Waals surface area contributed by atoms with E-state index in [0.717, 1.165) is 13.0 Å². The van der Waals surface area contributed by atoms with Crippen molar-refractivity contribution in [2.24, 2.45) is 5.41 Å². The molecule has 0 aromatic heterocycles. The van der Waals surface area contributed by atoms with Gasteiger partial charge in [-0.3, -0.25) is 4.79 Å². The minimum absolute atomic E-state index is 0.0931. The lowest BCUT2D eigenvalue weighted by Gasteiger charge is -2.55. The monoisotopic (exact) mass is 296 g/mol. The van der Waals surface area contributed by atoms with Crippen molar-refractivity contribution in [2.75, 3.05) is 6.61 Å². The van der Waals surface area contributed by atoms with Crippen molar-refractivity contribution in [1.82, 2.24) is 10.6 Å². The van der Waals surface area contributed by atoms with Gasteiger partial charge in [-0.2, -0.15) is 0 Å². The summed E-state index contributed by atoms with van der Waals surface area (Å²) >= 11 is 0. The fourth-order valence-electron chi connectivity index (χ4n) is 3.98. The number of carbonyl (C=O) groups is 1. The summed E-state index contributed by atoms with van der Waals surface area (Å²) in [6.45, 7) is 10.9. The van der Waals surface area contributed by atoms with Gasteiger partial charge in [0, 0.05) is 23.6 Å². The molecule has 2 aliphatic rings. The Bertz CT molecular complexity index is 369. The average molecular weight is 296 g/mol. The number of hydrogen-bond acceptors (Lipinski definition) is 3. The first-order chi connectivity index (χ1) is 9.78. The summed E-state index contributed by atoms with van der Waals surface area (Å²) in [6, 6.07) is 0.284. The van der Waals surface area contributed by atoms with Crippen LogP contribution in [-0.2, 0) is 9.53 Å². The summed E-state index contributed by atoms with van der Waals surface area (Å²) in [4.78, 5) is 12.2. The molecule has 2 saturated carbocycles. The van der Waals surface area contributed by atoms with E-state index in [1.165, 1.54) is 25.7 Å². The molecule has 0 bridgehead atoms. The SMILES string of the molecule is CCOC1CC(NC(C)C(=O)NC(C)(C)C)C12CCCC2. The van der Waals surface area contributed by atoms with Gasteiger partial charge in [-0.15, -0.1) is 0 Å². The lowest BCUT2D eigenvalue weighted by Crippen LogP contribution is -2.66. The van der Waals surface area contributed by atoms with E-state index in [2.05, 4.69) is 17.6 Å². The molecule has 122 valence electrons. The lowest BCUT2D eigenvalue weighted by atomic mass is 9.60. The van der Waals surface area contributed by atoms with Crippen LogP contribution in [0.2, 0.25) is 0 Å². The maximum absolute atomic E-state index is 12.2. The van der Waals surface area contributed by atoms with Crippen molar-refractivity contribution in [3.63, 3.8) is 0 Å². The van der Waals surface area contributed by atoms with E-state index in [-0.39, 0.29) is 22.9 Å². The maximum atomic E-state index is 12.2.